The molecule has 0 radical (unpaired) electrons. The Morgan fingerprint density at radius 2 is 2.03 bits per heavy atom. The van der Waals surface area contributed by atoms with Gasteiger partial charge in [-0.25, -0.2) is 22.0 Å². The number of hydrogen-bond donors (Lipinski definition) is 4. The Morgan fingerprint density at radius 1 is 1.24 bits per heavy atom. The van der Waals surface area contributed by atoms with Crippen LogP contribution in [0.5, 0.6) is 0 Å². The second kappa shape index (κ2) is 10.3. The van der Waals surface area contributed by atoms with Crippen LogP contribution in [0.2, 0.25) is 0 Å². The van der Waals surface area contributed by atoms with Gasteiger partial charge in [0.2, 0.25) is 10.0 Å². The smallest absolute Gasteiger partial charge is 0.423 e. The lowest BCUT2D eigenvalue weighted by Crippen LogP contribution is -2.33. The van der Waals surface area contributed by atoms with E-state index >= 15 is 0 Å². The summed E-state index contributed by atoms with van der Waals surface area (Å²) in [6.45, 7) is -0.171. The zero-order valence-electron chi connectivity index (χ0n) is 20.4. The molecule has 1 amide bonds. The van der Waals surface area contributed by atoms with Gasteiger partial charge in [-0.2, -0.15) is 5.10 Å². The summed E-state index contributed by atoms with van der Waals surface area (Å²) in [4.78, 5) is 17.0. The zero-order chi connectivity index (χ0) is 27.0. The summed E-state index contributed by atoms with van der Waals surface area (Å²) in [5, 5.41) is 25.6. The molecule has 3 heterocycles. The van der Waals surface area contributed by atoms with Gasteiger partial charge in [0.25, 0.3) is 5.91 Å². The van der Waals surface area contributed by atoms with Gasteiger partial charge in [-0.15, -0.1) is 0 Å². The number of nitrogens with zero attached hydrogens (tertiary/aromatic N) is 3. The minimum Gasteiger partial charge on any atom is -0.423 e. The van der Waals surface area contributed by atoms with E-state index in [2.05, 4.69) is 20.1 Å². The highest BCUT2D eigenvalue weighted by Crippen LogP contribution is 2.43. The lowest BCUT2D eigenvalue weighted by Gasteiger charge is -2.12. The summed E-state index contributed by atoms with van der Waals surface area (Å²) < 4.78 is 44.1. The van der Waals surface area contributed by atoms with Crippen molar-refractivity contribution >= 4 is 34.0 Å². The van der Waals surface area contributed by atoms with E-state index in [9.17, 15) is 17.6 Å². The van der Waals surface area contributed by atoms with E-state index in [1.807, 2.05) is 6.07 Å². The van der Waals surface area contributed by atoms with Gasteiger partial charge in [0.1, 0.15) is 11.5 Å². The van der Waals surface area contributed by atoms with Gasteiger partial charge in [-0.3, -0.25) is 9.78 Å². The fraction of sp³-hybridized carbons (Fsp3) is 0.240. The molecule has 0 atom stereocenters. The van der Waals surface area contributed by atoms with Crippen molar-refractivity contribution in [3.05, 3.63) is 83.1 Å². The normalized spacial score (nSPS) is 13.6. The van der Waals surface area contributed by atoms with Gasteiger partial charge in [0.05, 0.1) is 16.8 Å². The summed E-state index contributed by atoms with van der Waals surface area (Å²) in [7, 11) is -4.26. The molecule has 3 aromatic heterocycles. The number of nitrogens with one attached hydrogen (secondary N) is 2. The quantitative estimate of drug-likeness (QED) is 0.234. The Kier molecular flexibility index (Phi) is 7.01. The van der Waals surface area contributed by atoms with E-state index in [1.165, 1.54) is 16.6 Å². The fourth-order valence-corrected chi connectivity index (χ4v) is 5.57. The number of benzene rings is 1. The highest BCUT2D eigenvalue weighted by Gasteiger charge is 2.30. The minimum absolute atomic E-state index is 0.171. The maximum atomic E-state index is 14.1. The molecule has 0 saturated heterocycles. The monoisotopic (exact) mass is 537 g/mol. The van der Waals surface area contributed by atoms with E-state index in [1.54, 1.807) is 37.8 Å². The Bertz CT molecular complexity index is 1620. The van der Waals surface area contributed by atoms with Crippen molar-refractivity contribution in [1.82, 2.24) is 24.6 Å². The zero-order valence-corrected chi connectivity index (χ0v) is 21.2. The number of halogens is 1. The number of rotatable bonds is 9. The first-order chi connectivity index (χ1) is 18.2. The summed E-state index contributed by atoms with van der Waals surface area (Å²) in [6, 6.07) is 9.07. The number of hydrogen-bond acceptors (Lipinski definition) is 7. The molecule has 4 N–H and O–H groups in total. The topological polar surface area (TPSA) is 146 Å². The molecule has 13 heteroatoms. The lowest BCUT2D eigenvalue weighted by atomic mass is 9.79. The van der Waals surface area contributed by atoms with Gasteiger partial charge < -0.3 is 15.4 Å². The first-order valence-corrected chi connectivity index (χ1v) is 13.6. The standard InChI is InChI=1S/C25H25BFN5O5S/c1-28-25(33)23-22-10-19(16-5-6-16)18(13-32(22)31-24(23)17-3-2-8-29-12-17)14-38(36,37)30-11-15-4-7-20(26(34)35)21(27)9-15/h2-4,7-10,12-13,16,30,34-35H,5-6,11,14H2,1H3,(H,28,33). The Labute approximate surface area is 218 Å². The van der Waals surface area contributed by atoms with Crippen molar-refractivity contribution < 1.29 is 27.7 Å². The van der Waals surface area contributed by atoms with Crippen LogP contribution in [0.4, 0.5) is 4.39 Å². The van der Waals surface area contributed by atoms with Crippen molar-refractivity contribution in [2.75, 3.05) is 7.05 Å². The SMILES string of the molecule is CNC(=O)c1c(-c2cccnc2)nn2cc(CS(=O)(=O)NCc3ccc(B(O)O)c(F)c3)c(C3CC3)cc12. The van der Waals surface area contributed by atoms with E-state index < -0.39 is 23.0 Å². The lowest BCUT2D eigenvalue weighted by molar-refractivity contribution is 0.0965. The van der Waals surface area contributed by atoms with Crippen molar-refractivity contribution in [3.8, 4) is 11.3 Å². The molecular formula is C25H25BFN5O5S. The summed E-state index contributed by atoms with van der Waals surface area (Å²) >= 11 is 0. The van der Waals surface area contributed by atoms with Crippen molar-refractivity contribution in [2.45, 2.75) is 31.1 Å². The molecule has 1 aliphatic carbocycles. The number of fused-ring (bicyclic) bond motifs is 1. The summed E-state index contributed by atoms with van der Waals surface area (Å²) in [6.07, 6.45) is 6.71. The van der Waals surface area contributed by atoms with E-state index in [0.717, 1.165) is 24.5 Å². The third-order valence-electron chi connectivity index (χ3n) is 6.48. The largest absolute Gasteiger partial charge is 0.491 e. The molecule has 0 spiro atoms. The van der Waals surface area contributed by atoms with Crippen molar-refractivity contribution in [3.63, 3.8) is 0 Å². The van der Waals surface area contributed by atoms with Crippen LogP contribution in [-0.4, -0.2) is 53.1 Å². The van der Waals surface area contributed by atoms with Crippen LogP contribution in [0.1, 0.15) is 45.8 Å². The van der Waals surface area contributed by atoms with Crippen LogP contribution in [0.15, 0.2) is 55.0 Å². The summed E-state index contributed by atoms with van der Waals surface area (Å²) in [5.41, 5.74) is 3.49. The van der Waals surface area contributed by atoms with Crippen LogP contribution in [-0.2, 0) is 22.3 Å². The van der Waals surface area contributed by atoms with E-state index in [0.29, 0.717) is 33.5 Å². The van der Waals surface area contributed by atoms with Crippen LogP contribution in [0.25, 0.3) is 16.8 Å². The molecule has 0 unspecified atom stereocenters. The van der Waals surface area contributed by atoms with Crippen LogP contribution in [0, 0.1) is 5.82 Å². The third-order valence-corrected chi connectivity index (χ3v) is 7.75. The van der Waals surface area contributed by atoms with Crippen LogP contribution in [0.3, 0.4) is 0 Å². The fourth-order valence-electron chi connectivity index (χ4n) is 4.43. The van der Waals surface area contributed by atoms with Crippen molar-refractivity contribution in [1.29, 1.82) is 0 Å². The van der Waals surface area contributed by atoms with Crippen molar-refractivity contribution in [2.24, 2.45) is 0 Å². The van der Waals surface area contributed by atoms with Crippen LogP contribution < -0.4 is 15.5 Å². The van der Waals surface area contributed by atoms with Gasteiger partial charge in [0.15, 0.2) is 0 Å². The molecule has 0 aliphatic heterocycles. The van der Waals surface area contributed by atoms with Gasteiger partial charge >= 0.3 is 7.12 Å². The third kappa shape index (κ3) is 5.32. The molecule has 196 valence electrons. The maximum absolute atomic E-state index is 14.1. The van der Waals surface area contributed by atoms with Gasteiger partial charge in [0, 0.05) is 43.2 Å². The second-order valence-corrected chi connectivity index (χ2v) is 11.0. The Balaban J connectivity index is 1.48. The van der Waals surface area contributed by atoms with Gasteiger partial charge in [-0.1, -0.05) is 12.1 Å². The average Bonchev–Trinajstić information content (AvgIpc) is 3.67. The molecule has 1 aromatic carbocycles. The number of pyridine rings is 2. The molecule has 0 bridgehead atoms. The Hall–Kier alpha value is -3.65. The molecule has 38 heavy (non-hydrogen) atoms. The van der Waals surface area contributed by atoms with Crippen LogP contribution >= 0.6 is 0 Å². The number of carbonyl (C=O) groups is 1. The minimum atomic E-state index is -3.85. The Morgan fingerprint density at radius 3 is 2.66 bits per heavy atom. The molecule has 10 nitrogen and oxygen atoms in total. The molecule has 5 rings (SSSR count). The molecule has 1 fully saturated rings. The predicted molar refractivity (Wildman–Crippen MR) is 139 cm³/mol. The second-order valence-electron chi connectivity index (χ2n) is 9.21. The summed E-state index contributed by atoms with van der Waals surface area (Å²) in [5.74, 6) is -1.30. The van der Waals surface area contributed by atoms with Gasteiger partial charge in [-0.05, 0) is 59.7 Å². The van der Waals surface area contributed by atoms with E-state index in [4.69, 9.17) is 10.0 Å². The highest BCUT2D eigenvalue weighted by atomic mass is 32.2. The molecule has 4 aromatic rings. The number of carbonyl (C=O) groups excluding carboxylic acids is 1. The molecule has 1 saturated carbocycles. The first kappa shape index (κ1) is 26.0. The highest BCUT2D eigenvalue weighted by molar-refractivity contribution is 7.88. The predicted octanol–water partition coefficient (Wildman–Crippen LogP) is 1.07. The number of amides is 1. The number of aromatic nitrogens is 3. The molecular weight excluding hydrogens is 512 g/mol. The maximum Gasteiger partial charge on any atom is 0.491 e. The van der Waals surface area contributed by atoms with E-state index in [-0.39, 0.29) is 29.6 Å². The number of sulfonamides is 1. The first-order valence-electron chi connectivity index (χ1n) is 12.0. The average molecular weight is 537 g/mol. The molecule has 1 aliphatic rings.